The van der Waals surface area contributed by atoms with Gasteiger partial charge in [-0.3, -0.25) is 0 Å². The molecular weight excluding hydrogens is 168 g/mol. The first-order valence-electron chi connectivity index (χ1n) is 4.46. The molecule has 66 valence electrons. The minimum atomic E-state index is 0.633. The topological polar surface area (TPSA) is 0 Å². The molecule has 0 fully saturated rings. The molecule has 12 heavy (non-hydrogen) atoms. The van der Waals surface area contributed by atoms with Crippen molar-refractivity contribution in [2.45, 2.75) is 19.8 Å². The first-order valence-corrected chi connectivity index (χ1v) is 5.00. The van der Waals surface area contributed by atoms with Gasteiger partial charge in [0.2, 0.25) is 0 Å². The number of rotatable bonds is 4. The van der Waals surface area contributed by atoms with Crippen LogP contribution in [-0.2, 0) is 6.42 Å². The average molecular weight is 183 g/mol. The summed E-state index contributed by atoms with van der Waals surface area (Å²) >= 11 is 5.82. The molecule has 0 amide bonds. The molecule has 0 saturated heterocycles. The Morgan fingerprint density at radius 1 is 1.25 bits per heavy atom. The highest BCUT2D eigenvalue weighted by molar-refractivity contribution is 6.18. The molecule has 0 spiro atoms. The summed E-state index contributed by atoms with van der Waals surface area (Å²) in [5.74, 6) is 1.40. The number of alkyl halides is 1. The van der Waals surface area contributed by atoms with E-state index in [2.05, 4.69) is 31.2 Å². The van der Waals surface area contributed by atoms with E-state index < -0.39 is 0 Å². The van der Waals surface area contributed by atoms with Crippen molar-refractivity contribution in [2.24, 2.45) is 5.92 Å². The predicted molar refractivity (Wildman–Crippen MR) is 54.6 cm³/mol. The molecule has 0 N–H and O–H groups in total. The Bertz CT molecular complexity index is 202. The molecule has 0 nitrogen and oxygen atoms in total. The summed E-state index contributed by atoms with van der Waals surface area (Å²) in [5.41, 5.74) is 1.39. The smallest absolute Gasteiger partial charge is 0.0254 e. The molecule has 0 radical (unpaired) electrons. The largest absolute Gasteiger partial charge is 0.126 e. The van der Waals surface area contributed by atoms with Crippen LogP contribution in [-0.4, -0.2) is 5.88 Å². The van der Waals surface area contributed by atoms with Gasteiger partial charge in [0.15, 0.2) is 0 Å². The standard InChI is InChI=1S/C11H15Cl/c1-2-10(9-12)8-11-6-4-3-5-7-11/h3-7,10H,2,8-9H2,1H3. The van der Waals surface area contributed by atoms with Crippen LogP contribution in [0.15, 0.2) is 30.3 Å². The maximum atomic E-state index is 5.82. The molecule has 1 rings (SSSR count). The van der Waals surface area contributed by atoms with E-state index in [4.69, 9.17) is 11.6 Å². The van der Waals surface area contributed by atoms with E-state index in [0.29, 0.717) is 5.92 Å². The van der Waals surface area contributed by atoms with Crippen LogP contribution in [0.1, 0.15) is 18.9 Å². The van der Waals surface area contributed by atoms with E-state index in [0.717, 1.165) is 12.3 Å². The predicted octanol–water partition coefficient (Wildman–Crippen LogP) is 3.49. The number of hydrogen-bond donors (Lipinski definition) is 0. The molecule has 0 heterocycles. The summed E-state index contributed by atoms with van der Waals surface area (Å²) in [6.45, 7) is 2.19. The summed E-state index contributed by atoms with van der Waals surface area (Å²) in [6, 6.07) is 10.5. The second-order valence-electron chi connectivity index (χ2n) is 3.12. The maximum absolute atomic E-state index is 5.82. The zero-order valence-electron chi connectivity index (χ0n) is 7.46. The summed E-state index contributed by atoms with van der Waals surface area (Å²) in [6.07, 6.45) is 2.28. The third-order valence-corrected chi connectivity index (χ3v) is 2.60. The van der Waals surface area contributed by atoms with Crippen LogP contribution >= 0.6 is 11.6 Å². The Kier molecular flexibility index (Phi) is 4.16. The van der Waals surface area contributed by atoms with Gasteiger partial charge in [0, 0.05) is 5.88 Å². The van der Waals surface area contributed by atoms with Gasteiger partial charge in [-0.2, -0.15) is 0 Å². The van der Waals surface area contributed by atoms with Gasteiger partial charge in [-0.1, -0.05) is 43.7 Å². The van der Waals surface area contributed by atoms with Crippen molar-refractivity contribution in [1.29, 1.82) is 0 Å². The van der Waals surface area contributed by atoms with Gasteiger partial charge in [-0.15, -0.1) is 11.6 Å². The lowest BCUT2D eigenvalue weighted by Crippen LogP contribution is -2.04. The first-order chi connectivity index (χ1) is 5.86. The van der Waals surface area contributed by atoms with Gasteiger partial charge in [0.05, 0.1) is 0 Å². The zero-order chi connectivity index (χ0) is 8.81. The van der Waals surface area contributed by atoms with E-state index in [1.54, 1.807) is 0 Å². The molecule has 0 bridgehead atoms. The second kappa shape index (κ2) is 5.21. The summed E-state index contributed by atoms with van der Waals surface area (Å²) in [7, 11) is 0. The lowest BCUT2D eigenvalue weighted by atomic mass is 9.99. The second-order valence-corrected chi connectivity index (χ2v) is 3.43. The lowest BCUT2D eigenvalue weighted by Gasteiger charge is -2.10. The third-order valence-electron chi connectivity index (χ3n) is 2.16. The molecule has 1 unspecified atom stereocenters. The van der Waals surface area contributed by atoms with Crippen molar-refractivity contribution < 1.29 is 0 Å². The third kappa shape index (κ3) is 2.86. The van der Waals surface area contributed by atoms with Crippen LogP contribution in [0, 0.1) is 5.92 Å². The molecule has 1 atom stereocenters. The van der Waals surface area contributed by atoms with Crippen molar-refractivity contribution in [1.82, 2.24) is 0 Å². The monoisotopic (exact) mass is 182 g/mol. The molecule has 0 saturated carbocycles. The SMILES string of the molecule is CCC(CCl)Cc1ccccc1. The van der Waals surface area contributed by atoms with Crippen molar-refractivity contribution in [3.8, 4) is 0 Å². The van der Waals surface area contributed by atoms with E-state index in [1.165, 1.54) is 12.0 Å². The van der Waals surface area contributed by atoms with E-state index in [1.807, 2.05) is 6.07 Å². The van der Waals surface area contributed by atoms with E-state index >= 15 is 0 Å². The van der Waals surface area contributed by atoms with Crippen LogP contribution in [0.5, 0.6) is 0 Å². The Balaban J connectivity index is 2.51. The maximum Gasteiger partial charge on any atom is 0.0254 e. The Hall–Kier alpha value is -0.490. The normalized spacial score (nSPS) is 12.8. The number of hydrogen-bond acceptors (Lipinski definition) is 0. The van der Waals surface area contributed by atoms with Crippen LogP contribution in [0.3, 0.4) is 0 Å². The van der Waals surface area contributed by atoms with Crippen LogP contribution in [0.2, 0.25) is 0 Å². The van der Waals surface area contributed by atoms with Crippen LogP contribution in [0.25, 0.3) is 0 Å². The van der Waals surface area contributed by atoms with Gasteiger partial charge >= 0.3 is 0 Å². The molecule has 0 aromatic heterocycles. The number of benzene rings is 1. The molecule has 0 aliphatic heterocycles. The quantitative estimate of drug-likeness (QED) is 0.626. The van der Waals surface area contributed by atoms with Gasteiger partial charge in [-0.05, 0) is 17.9 Å². The van der Waals surface area contributed by atoms with Gasteiger partial charge < -0.3 is 0 Å². The summed E-state index contributed by atoms with van der Waals surface area (Å²) in [4.78, 5) is 0. The molecule has 0 aliphatic carbocycles. The molecule has 0 aliphatic rings. The van der Waals surface area contributed by atoms with Crippen molar-refractivity contribution in [3.05, 3.63) is 35.9 Å². The van der Waals surface area contributed by atoms with Gasteiger partial charge in [0.25, 0.3) is 0 Å². The van der Waals surface area contributed by atoms with Crippen LogP contribution < -0.4 is 0 Å². The highest BCUT2D eigenvalue weighted by atomic mass is 35.5. The van der Waals surface area contributed by atoms with E-state index in [-0.39, 0.29) is 0 Å². The zero-order valence-corrected chi connectivity index (χ0v) is 8.22. The highest BCUT2D eigenvalue weighted by Gasteiger charge is 2.04. The molecule has 1 aromatic carbocycles. The van der Waals surface area contributed by atoms with Crippen LogP contribution in [0.4, 0.5) is 0 Å². The fourth-order valence-corrected chi connectivity index (χ4v) is 1.58. The first kappa shape index (κ1) is 9.60. The number of halogens is 1. The molecule has 1 aromatic rings. The Labute approximate surface area is 79.6 Å². The fraction of sp³-hybridized carbons (Fsp3) is 0.455. The van der Waals surface area contributed by atoms with E-state index in [9.17, 15) is 0 Å². The van der Waals surface area contributed by atoms with Gasteiger partial charge in [0.1, 0.15) is 0 Å². The van der Waals surface area contributed by atoms with Crippen molar-refractivity contribution in [2.75, 3.05) is 5.88 Å². The fourth-order valence-electron chi connectivity index (χ4n) is 1.26. The minimum absolute atomic E-state index is 0.633. The van der Waals surface area contributed by atoms with Gasteiger partial charge in [-0.25, -0.2) is 0 Å². The average Bonchev–Trinajstić information content (AvgIpc) is 2.16. The Morgan fingerprint density at radius 2 is 1.92 bits per heavy atom. The lowest BCUT2D eigenvalue weighted by molar-refractivity contribution is 0.567. The molecule has 1 heteroatoms. The summed E-state index contributed by atoms with van der Waals surface area (Å²) in [5, 5.41) is 0. The minimum Gasteiger partial charge on any atom is -0.126 e. The Morgan fingerprint density at radius 3 is 2.42 bits per heavy atom. The molecular formula is C11H15Cl. The van der Waals surface area contributed by atoms with Crippen molar-refractivity contribution in [3.63, 3.8) is 0 Å². The summed E-state index contributed by atoms with van der Waals surface area (Å²) < 4.78 is 0. The highest BCUT2D eigenvalue weighted by Crippen LogP contribution is 2.12. The van der Waals surface area contributed by atoms with Crippen molar-refractivity contribution >= 4 is 11.6 Å².